The molecule has 186 valence electrons. The number of benzene rings is 2. The van der Waals surface area contributed by atoms with Gasteiger partial charge in [-0.05, 0) is 38.1 Å². The number of amides is 1. The second kappa shape index (κ2) is 8.47. The Kier molecular flexibility index (Phi) is 5.53. The molecule has 0 saturated heterocycles. The zero-order valence-electron chi connectivity index (χ0n) is 19.2. The summed E-state index contributed by atoms with van der Waals surface area (Å²) in [5, 5.41) is 10.4. The summed E-state index contributed by atoms with van der Waals surface area (Å²) < 4.78 is 55.0. The second-order valence-electron chi connectivity index (χ2n) is 8.56. The van der Waals surface area contributed by atoms with Gasteiger partial charge in [0.15, 0.2) is 0 Å². The fourth-order valence-corrected chi connectivity index (χ4v) is 4.50. The molecule has 1 aliphatic heterocycles. The number of hydrogen-bond donors (Lipinski definition) is 3. The molecule has 0 radical (unpaired) electrons. The van der Waals surface area contributed by atoms with Crippen LogP contribution >= 0.6 is 0 Å². The fraction of sp³-hybridized carbons (Fsp3) is 0.250. The number of nitrogens with two attached hydrogens (primary N) is 1. The van der Waals surface area contributed by atoms with Gasteiger partial charge in [-0.15, -0.1) is 0 Å². The summed E-state index contributed by atoms with van der Waals surface area (Å²) >= 11 is 0. The first-order valence-electron chi connectivity index (χ1n) is 11.1. The summed E-state index contributed by atoms with van der Waals surface area (Å²) in [5.74, 6) is -1.33. The van der Waals surface area contributed by atoms with Crippen LogP contribution in [0.4, 0.5) is 29.3 Å². The van der Waals surface area contributed by atoms with Gasteiger partial charge < -0.3 is 16.0 Å². The van der Waals surface area contributed by atoms with Crippen LogP contribution in [0.2, 0.25) is 0 Å². The monoisotopic (exact) mass is 499 g/mol. The Hall–Kier alpha value is -4.22. The molecule has 1 amide bonds. The van der Waals surface area contributed by atoms with Gasteiger partial charge in [0.1, 0.15) is 11.6 Å². The van der Waals surface area contributed by atoms with Crippen LogP contribution in [-0.2, 0) is 19.3 Å². The average Bonchev–Trinajstić information content (AvgIpc) is 3.36. The number of para-hydroxylation sites is 1. The Balaban J connectivity index is 1.60. The molecule has 3 heterocycles. The molecule has 4 N–H and O–H groups in total. The Morgan fingerprint density at radius 2 is 1.97 bits per heavy atom. The van der Waals surface area contributed by atoms with Crippen molar-refractivity contribution in [2.75, 3.05) is 10.2 Å². The second-order valence-corrected chi connectivity index (χ2v) is 8.56. The van der Waals surface area contributed by atoms with Crippen molar-refractivity contribution in [1.29, 1.82) is 0 Å². The lowest BCUT2D eigenvalue weighted by atomic mass is 10.1. The van der Waals surface area contributed by atoms with Gasteiger partial charge in [-0.3, -0.25) is 9.89 Å². The highest BCUT2D eigenvalue weighted by atomic mass is 19.4. The maximum atomic E-state index is 14.4. The quantitative estimate of drug-likeness (QED) is 0.346. The molecule has 1 aliphatic rings. The van der Waals surface area contributed by atoms with Crippen LogP contribution in [-0.4, -0.2) is 26.1 Å². The summed E-state index contributed by atoms with van der Waals surface area (Å²) in [6.45, 7) is 3.75. The van der Waals surface area contributed by atoms with E-state index in [4.69, 9.17) is 5.73 Å². The van der Waals surface area contributed by atoms with E-state index in [9.17, 15) is 22.4 Å². The van der Waals surface area contributed by atoms with Crippen molar-refractivity contribution in [3.63, 3.8) is 0 Å². The van der Waals surface area contributed by atoms with Crippen LogP contribution in [0.15, 0.2) is 36.4 Å². The molecule has 0 bridgehead atoms. The number of alkyl halides is 3. The number of carbonyl (C=O) groups excluding carboxylic acids is 1. The molecule has 0 fully saturated rings. The molecule has 2 aromatic carbocycles. The van der Waals surface area contributed by atoms with Crippen LogP contribution in [0.1, 0.15) is 51.4 Å². The number of carbonyl (C=O) groups is 1. The van der Waals surface area contributed by atoms with E-state index in [1.807, 2.05) is 18.7 Å². The maximum absolute atomic E-state index is 14.4. The van der Waals surface area contributed by atoms with Crippen molar-refractivity contribution < 1.29 is 22.4 Å². The van der Waals surface area contributed by atoms with Crippen LogP contribution < -0.4 is 16.0 Å². The first-order chi connectivity index (χ1) is 17.1. The van der Waals surface area contributed by atoms with Gasteiger partial charge in [0, 0.05) is 23.1 Å². The number of hydrogen-bond acceptors (Lipinski definition) is 6. The Labute approximate surface area is 202 Å². The maximum Gasteiger partial charge on any atom is 0.416 e. The molecule has 8 nitrogen and oxygen atoms in total. The third kappa shape index (κ3) is 3.88. The SMILES string of the molecule is Cc1n[nH]c2c1CN(c1nc(NCc3c(F)cccc3C(F)(F)F)c3cccc(C(N)=O)c3n1)[C@H]2C. The van der Waals surface area contributed by atoms with E-state index >= 15 is 0 Å². The van der Waals surface area contributed by atoms with E-state index in [0.29, 0.717) is 11.9 Å². The van der Waals surface area contributed by atoms with E-state index in [1.54, 1.807) is 12.1 Å². The highest BCUT2D eigenvalue weighted by Gasteiger charge is 2.35. The fourth-order valence-electron chi connectivity index (χ4n) is 4.50. The summed E-state index contributed by atoms with van der Waals surface area (Å²) in [6, 6.07) is 7.31. The number of nitrogens with zero attached hydrogens (tertiary/aromatic N) is 4. The number of anilines is 2. The summed E-state index contributed by atoms with van der Waals surface area (Å²) in [5.41, 5.74) is 7.02. The lowest BCUT2D eigenvalue weighted by molar-refractivity contribution is -0.138. The first-order valence-corrected chi connectivity index (χ1v) is 11.1. The molecule has 0 spiro atoms. The minimum Gasteiger partial charge on any atom is -0.366 e. The van der Waals surface area contributed by atoms with Gasteiger partial charge in [0.2, 0.25) is 5.95 Å². The van der Waals surface area contributed by atoms with Gasteiger partial charge in [-0.1, -0.05) is 12.1 Å². The van der Waals surface area contributed by atoms with Gasteiger partial charge in [0.25, 0.3) is 5.91 Å². The number of aromatic amines is 1. The number of rotatable bonds is 5. The van der Waals surface area contributed by atoms with Crippen molar-refractivity contribution in [2.45, 2.75) is 39.2 Å². The molecule has 0 aliphatic carbocycles. The van der Waals surface area contributed by atoms with Crippen molar-refractivity contribution in [1.82, 2.24) is 20.2 Å². The predicted molar refractivity (Wildman–Crippen MR) is 125 cm³/mol. The number of aryl methyl sites for hydroxylation is 1. The number of nitrogens with one attached hydrogen (secondary N) is 2. The van der Waals surface area contributed by atoms with E-state index in [2.05, 4.69) is 25.5 Å². The van der Waals surface area contributed by atoms with Gasteiger partial charge >= 0.3 is 6.18 Å². The highest BCUT2D eigenvalue weighted by Crippen LogP contribution is 2.38. The minimum absolute atomic E-state index is 0.129. The highest BCUT2D eigenvalue weighted by molar-refractivity contribution is 6.07. The molecular weight excluding hydrogens is 478 g/mol. The average molecular weight is 499 g/mol. The summed E-state index contributed by atoms with van der Waals surface area (Å²) in [7, 11) is 0. The van der Waals surface area contributed by atoms with Crippen LogP contribution in [0.25, 0.3) is 10.9 Å². The predicted octanol–water partition coefficient (Wildman–Crippen LogP) is 4.61. The Bertz CT molecular complexity index is 1500. The molecule has 4 aromatic rings. The van der Waals surface area contributed by atoms with E-state index in [0.717, 1.165) is 35.2 Å². The Morgan fingerprint density at radius 1 is 1.22 bits per heavy atom. The molecule has 12 heteroatoms. The Morgan fingerprint density at radius 3 is 2.67 bits per heavy atom. The van der Waals surface area contributed by atoms with Crippen LogP contribution in [0.3, 0.4) is 0 Å². The normalized spacial score (nSPS) is 15.4. The number of halogens is 4. The van der Waals surface area contributed by atoms with Crippen molar-refractivity contribution in [3.05, 3.63) is 75.9 Å². The number of aromatic nitrogens is 4. The molecule has 36 heavy (non-hydrogen) atoms. The van der Waals surface area contributed by atoms with Gasteiger partial charge in [-0.2, -0.15) is 23.3 Å². The molecule has 0 saturated carbocycles. The number of H-pyrrole nitrogens is 1. The third-order valence-corrected chi connectivity index (χ3v) is 6.41. The molecular formula is C24H21F4N7O. The minimum atomic E-state index is -4.74. The van der Waals surface area contributed by atoms with E-state index < -0.39 is 35.6 Å². The first kappa shape index (κ1) is 23.5. The standard InChI is InChI=1S/C24H21F4N7O/c1-11-16-10-35(12(2)19(16)34-33-11)23-31-20-13(21(29)36)5-3-6-14(20)22(32-23)30-9-15-17(24(26,27)28)7-4-8-18(15)25/h3-8,12H,9-10H2,1-2H3,(H2,29,36)(H,33,34)(H,30,31,32)/t12-/m0/s1. The van der Waals surface area contributed by atoms with Crippen molar-refractivity contribution >= 4 is 28.6 Å². The zero-order chi connectivity index (χ0) is 25.8. The number of primary amides is 1. The molecule has 2 aromatic heterocycles. The van der Waals surface area contributed by atoms with Crippen molar-refractivity contribution in [3.8, 4) is 0 Å². The summed E-state index contributed by atoms with van der Waals surface area (Å²) in [6.07, 6.45) is -4.74. The topological polar surface area (TPSA) is 113 Å². The van der Waals surface area contributed by atoms with Crippen molar-refractivity contribution in [2.24, 2.45) is 5.73 Å². The van der Waals surface area contributed by atoms with Gasteiger partial charge in [0.05, 0.1) is 40.6 Å². The lowest BCUT2D eigenvalue weighted by Crippen LogP contribution is -2.23. The lowest BCUT2D eigenvalue weighted by Gasteiger charge is -2.23. The summed E-state index contributed by atoms with van der Waals surface area (Å²) in [4.78, 5) is 23.2. The van der Waals surface area contributed by atoms with Crippen LogP contribution in [0.5, 0.6) is 0 Å². The molecule has 5 rings (SSSR count). The van der Waals surface area contributed by atoms with E-state index in [1.165, 1.54) is 6.07 Å². The largest absolute Gasteiger partial charge is 0.416 e. The molecule has 0 unspecified atom stereocenters. The zero-order valence-corrected chi connectivity index (χ0v) is 19.2. The van der Waals surface area contributed by atoms with Crippen LogP contribution in [0, 0.1) is 12.7 Å². The third-order valence-electron chi connectivity index (χ3n) is 6.41. The van der Waals surface area contributed by atoms with E-state index in [-0.39, 0.29) is 28.9 Å². The smallest absolute Gasteiger partial charge is 0.366 e. The van der Waals surface area contributed by atoms with Gasteiger partial charge in [-0.25, -0.2) is 9.37 Å². The number of fused-ring (bicyclic) bond motifs is 2. The molecule has 1 atom stereocenters.